The predicted octanol–water partition coefficient (Wildman–Crippen LogP) is 1.56. The monoisotopic (exact) mass is 463 g/mol. The molecule has 0 radical (unpaired) electrons. The molecule has 0 spiro atoms. The molecule has 0 saturated carbocycles. The zero-order chi connectivity index (χ0) is 23.9. The van der Waals surface area contributed by atoms with Crippen LogP contribution in [0.1, 0.15) is 29.8 Å². The maximum Gasteiger partial charge on any atom is 0.261 e. The summed E-state index contributed by atoms with van der Waals surface area (Å²) in [6.07, 6.45) is 5.71. The van der Waals surface area contributed by atoms with E-state index in [0.717, 1.165) is 55.3 Å². The largest absolute Gasteiger partial charge is 0.487 e. The van der Waals surface area contributed by atoms with Crippen molar-refractivity contribution in [1.29, 1.82) is 0 Å². The Kier molecular flexibility index (Phi) is 5.60. The Morgan fingerprint density at radius 3 is 2.74 bits per heavy atom. The molecule has 2 aliphatic rings. The van der Waals surface area contributed by atoms with Gasteiger partial charge in [0.25, 0.3) is 5.91 Å². The number of benzene rings is 1. The molecule has 5 rings (SSSR count). The zero-order valence-electron chi connectivity index (χ0n) is 19.7. The van der Waals surface area contributed by atoms with E-state index in [4.69, 9.17) is 4.74 Å². The lowest BCUT2D eigenvalue weighted by Gasteiger charge is -2.36. The number of piperazine rings is 1. The summed E-state index contributed by atoms with van der Waals surface area (Å²) in [5.74, 6) is 0.603. The molecular formula is C24H29N7O3. The molecule has 1 aromatic carbocycles. The molecule has 0 bridgehead atoms. The number of anilines is 2. The van der Waals surface area contributed by atoms with E-state index in [-0.39, 0.29) is 17.4 Å². The van der Waals surface area contributed by atoms with Crippen molar-refractivity contribution < 1.29 is 14.3 Å². The van der Waals surface area contributed by atoms with Crippen LogP contribution in [0.5, 0.6) is 5.75 Å². The fourth-order valence-corrected chi connectivity index (χ4v) is 4.61. The minimum atomic E-state index is -0.291. The van der Waals surface area contributed by atoms with Crippen LogP contribution in [0.15, 0.2) is 36.8 Å². The summed E-state index contributed by atoms with van der Waals surface area (Å²) < 4.78 is 7.76. The number of hydrogen-bond donors (Lipinski definition) is 2. The van der Waals surface area contributed by atoms with Gasteiger partial charge in [-0.3, -0.25) is 14.5 Å². The van der Waals surface area contributed by atoms with Gasteiger partial charge in [-0.25, -0.2) is 9.50 Å². The van der Waals surface area contributed by atoms with Crippen LogP contribution in [0.2, 0.25) is 0 Å². The van der Waals surface area contributed by atoms with Crippen LogP contribution >= 0.6 is 0 Å². The van der Waals surface area contributed by atoms with Gasteiger partial charge in [-0.1, -0.05) is 0 Å². The highest BCUT2D eigenvalue weighted by Crippen LogP contribution is 2.42. The smallest absolute Gasteiger partial charge is 0.261 e. The van der Waals surface area contributed by atoms with Crippen molar-refractivity contribution in [2.75, 3.05) is 50.0 Å². The third-order valence-electron chi connectivity index (χ3n) is 6.31. The first kappa shape index (κ1) is 22.1. The first-order valence-corrected chi connectivity index (χ1v) is 11.5. The third kappa shape index (κ3) is 4.28. The molecule has 1 saturated heterocycles. The SMILES string of the molecule is CNC(=O)CN1CCN(c2cc3c(cc2NC(=O)c2cnn4cccnc24)CC(C)(C)O3)CC1. The lowest BCUT2D eigenvalue weighted by molar-refractivity contribution is -0.121. The van der Waals surface area contributed by atoms with Crippen LogP contribution in [0.25, 0.3) is 5.65 Å². The molecule has 2 aromatic heterocycles. The Bertz CT molecular complexity index is 1240. The number of hydrogen-bond acceptors (Lipinski definition) is 7. The molecule has 3 aromatic rings. The van der Waals surface area contributed by atoms with Gasteiger partial charge in [0.05, 0.1) is 24.1 Å². The summed E-state index contributed by atoms with van der Waals surface area (Å²) in [5, 5.41) is 10.0. The van der Waals surface area contributed by atoms with Crippen molar-refractivity contribution in [3.63, 3.8) is 0 Å². The third-order valence-corrected chi connectivity index (χ3v) is 6.31. The van der Waals surface area contributed by atoms with Gasteiger partial charge < -0.3 is 20.3 Å². The number of rotatable bonds is 5. The van der Waals surface area contributed by atoms with Crippen LogP contribution < -0.4 is 20.3 Å². The summed E-state index contributed by atoms with van der Waals surface area (Å²) in [4.78, 5) is 33.7. The number of aromatic nitrogens is 3. The highest BCUT2D eigenvalue weighted by Gasteiger charge is 2.32. The van der Waals surface area contributed by atoms with Gasteiger partial charge in [-0.15, -0.1) is 0 Å². The van der Waals surface area contributed by atoms with Crippen molar-refractivity contribution in [3.8, 4) is 5.75 Å². The number of fused-ring (bicyclic) bond motifs is 2. The molecule has 2 amide bonds. The molecule has 0 atom stereocenters. The zero-order valence-corrected chi connectivity index (χ0v) is 19.7. The average molecular weight is 464 g/mol. The fourth-order valence-electron chi connectivity index (χ4n) is 4.61. The molecule has 34 heavy (non-hydrogen) atoms. The second kappa shape index (κ2) is 8.60. The van der Waals surface area contributed by atoms with E-state index in [1.165, 1.54) is 6.20 Å². The minimum absolute atomic E-state index is 0.0107. The fraction of sp³-hybridized carbons (Fsp3) is 0.417. The highest BCUT2D eigenvalue weighted by molar-refractivity contribution is 6.09. The predicted molar refractivity (Wildman–Crippen MR) is 129 cm³/mol. The minimum Gasteiger partial charge on any atom is -0.487 e. The topological polar surface area (TPSA) is 104 Å². The Labute approximate surface area is 197 Å². The molecule has 178 valence electrons. The average Bonchev–Trinajstić information content (AvgIpc) is 3.38. The van der Waals surface area contributed by atoms with Gasteiger partial charge >= 0.3 is 0 Å². The van der Waals surface area contributed by atoms with E-state index in [9.17, 15) is 9.59 Å². The van der Waals surface area contributed by atoms with Gasteiger partial charge in [-0.2, -0.15) is 5.10 Å². The second-order valence-electron chi connectivity index (χ2n) is 9.35. The van der Waals surface area contributed by atoms with Crippen LogP contribution in [-0.4, -0.2) is 76.7 Å². The van der Waals surface area contributed by atoms with Gasteiger partial charge in [0.1, 0.15) is 16.9 Å². The van der Waals surface area contributed by atoms with Crippen LogP contribution in [0, 0.1) is 0 Å². The Hall–Kier alpha value is -3.66. The van der Waals surface area contributed by atoms with Crippen LogP contribution in [0.3, 0.4) is 0 Å². The van der Waals surface area contributed by atoms with Crippen molar-refractivity contribution in [2.45, 2.75) is 25.9 Å². The number of carbonyl (C=O) groups excluding carboxylic acids is 2. The van der Waals surface area contributed by atoms with Crippen LogP contribution in [-0.2, 0) is 11.2 Å². The molecule has 0 aliphatic carbocycles. The second-order valence-corrected chi connectivity index (χ2v) is 9.35. The van der Waals surface area contributed by atoms with Crippen molar-refractivity contribution in [2.24, 2.45) is 0 Å². The summed E-state index contributed by atoms with van der Waals surface area (Å²) in [6, 6.07) is 5.82. The number of carbonyl (C=O) groups is 2. The first-order valence-electron chi connectivity index (χ1n) is 11.5. The van der Waals surface area contributed by atoms with E-state index in [0.29, 0.717) is 17.8 Å². The van der Waals surface area contributed by atoms with E-state index in [1.807, 2.05) is 12.1 Å². The maximum absolute atomic E-state index is 13.3. The number of amides is 2. The van der Waals surface area contributed by atoms with E-state index < -0.39 is 0 Å². The van der Waals surface area contributed by atoms with Gasteiger partial charge in [0.2, 0.25) is 5.91 Å². The summed E-state index contributed by atoms with van der Waals surface area (Å²) in [6.45, 7) is 7.49. The Balaban J connectivity index is 1.42. The lowest BCUT2D eigenvalue weighted by Crippen LogP contribution is -2.49. The molecule has 2 N–H and O–H groups in total. The summed E-state index contributed by atoms with van der Waals surface area (Å²) in [7, 11) is 1.65. The summed E-state index contributed by atoms with van der Waals surface area (Å²) in [5.41, 5.74) is 3.35. The molecule has 1 fully saturated rings. The Morgan fingerprint density at radius 1 is 1.18 bits per heavy atom. The normalized spacial score (nSPS) is 17.3. The summed E-state index contributed by atoms with van der Waals surface area (Å²) >= 11 is 0. The van der Waals surface area contributed by atoms with Crippen molar-refractivity contribution in [1.82, 2.24) is 24.8 Å². The van der Waals surface area contributed by atoms with Crippen molar-refractivity contribution in [3.05, 3.63) is 47.9 Å². The maximum atomic E-state index is 13.3. The van der Waals surface area contributed by atoms with E-state index in [1.54, 1.807) is 30.0 Å². The van der Waals surface area contributed by atoms with Crippen LogP contribution in [0.4, 0.5) is 11.4 Å². The van der Waals surface area contributed by atoms with Gasteiger partial charge in [0, 0.05) is 63.7 Å². The number of nitrogens with one attached hydrogen (secondary N) is 2. The quantitative estimate of drug-likeness (QED) is 0.592. The first-order chi connectivity index (χ1) is 16.3. The molecular weight excluding hydrogens is 434 g/mol. The van der Waals surface area contributed by atoms with E-state index >= 15 is 0 Å². The standard InChI is InChI=1S/C24H29N7O3/c1-24(2)13-16-11-18(28-23(33)17-14-27-31-6-4-5-26-22(17)31)19(12-20(16)34-24)30-9-7-29(8-10-30)15-21(32)25-3/h4-6,11-12,14H,7-10,13,15H2,1-3H3,(H,25,32)(H,28,33). The lowest BCUT2D eigenvalue weighted by atomic mass is 10.0. The molecule has 10 nitrogen and oxygen atoms in total. The number of ether oxygens (including phenoxy) is 1. The Morgan fingerprint density at radius 2 is 1.97 bits per heavy atom. The molecule has 2 aliphatic heterocycles. The van der Waals surface area contributed by atoms with Gasteiger partial charge in [-0.05, 0) is 26.0 Å². The number of likely N-dealkylation sites (N-methyl/N-ethyl adjacent to an activating group) is 1. The van der Waals surface area contributed by atoms with Crippen molar-refractivity contribution >= 4 is 28.8 Å². The highest BCUT2D eigenvalue weighted by atomic mass is 16.5. The molecule has 4 heterocycles. The number of nitrogens with zero attached hydrogens (tertiary/aromatic N) is 5. The van der Waals surface area contributed by atoms with Gasteiger partial charge in [0.15, 0.2) is 5.65 Å². The molecule has 10 heteroatoms. The van der Waals surface area contributed by atoms with E-state index in [2.05, 4.69) is 44.4 Å². The molecule has 0 unspecified atom stereocenters.